The van der Waals surface area contributed by atoms with Crippen LogP contribution >= 0.6 is 7.60 Å². The Bertz CT molecular complexity index is 669. The SMILES string of the molecule is CCOP(=O)(CC#N)OCC.CC[C@H]1OC(O)[C@](C)(OCc2ccccc2)[C@@H]1C. The third kappa shape index (κ3) is 7.49. The molecule has 1 saturated heterocycles. The molecule has 1 aromatic carbocycles. The van der Waals surface area contributed by atoms with Crippen LogP contribution in [0.3, 0.4) is 0 Å². The molecule has 0 radical (unpaired) electrons. The lowest BCUT2D eigenvalue weighted by atomic mass is 9.87. The zero-order valence-corrected chi connectivity index (χ0v) is 18.9. The van der Waals surface area contributed by atoms with E-state index in [1.807, 2.05) is 37.3 Å². The second kappa shape index (κ2) is 12.4. The summed E-state index contributed by atoms with van der Waals surface area (Å²) < 4.78 is 32.5. The smallest absolute Gasteiger partial charge is 0.344 e. The van der Waals surface area contributed by atoms with Gasteiger partial charge in [0, 0.05) is 5.92 Å². The quantitative estimate of drug-likeness (QED) is 0.579. The molecule has 1 aliphatic heterocycles. The lowest BCUT2D eigenvalue weighted by Crippen LogP contribution is -2.43. The van der Waals surface area contributed by atoms with Crippen LogP contribution in [0, 0.1) is 17.2 Å². The number of hydrogen-bond donors (Lipinski definition) is 1. The van der Waals surface area contributed by atoms with Crippen LogP contribution in [-0.4, -0.2) is 42.5 Å². The second-order valence-electron chi connectivity index (χ2n) is 6.94. The van der Waals surface area contributed by atoms with Crippen molar-refractivity contribution < 1.29 is 28.2 Å². The van der Waals surface area contributed by atoms with Crippen molar-refractivity contribution in [1.29, 1.82) is 5.26 Å². The Hall–Kier alpha value is -1.26. The molecule has 0 saturated carbocycles. The normalized spacial score (nSPS) is 26.4. The van der Waals surface area contributed by atoms with E-state index < -0.39 is 19.5 Å². The maximum atomic E-state index is 11.3. The molecule has 1 aromatic rings. The summed E-state index contributed by atoms with van der Waals surface area (Å²) in [6, 6.07) is 11.8. The van der Waals surface area contributed by atoms with Crippen molar-refractivity contribution in [2.45, 2.75) is 65.6 Å². The van der Waals surface area contributed by atoms with E-state index in [4.69, 9.17) is 23.8 Å². The number of ether oxygens (including phenoxy) is 2. The highest BCUT2D eigenvalue weighted by atomic mass is 31.2. The van der Waals surface area contributed by atoms with Crippen LogP contribution in [0.5, 0.6) is 0 Å². The molecule has 1 unspecified atom stereocenters. The highest BCUT2D eigenvalue weighted by Gasteiger charge is 2.51. The molecule has 2 rings (SSSR count). The van der Waals surface area contributed by atoms with E-state index in [0.29, 0.717) is 19.8 Å². The summed E-state index contributed by atoms with van der Waals surface area (Å²) in [6.45, 7) is 10.6. The average molecular weight is 427 g/mol. The monoisotopic (exact) mass is 427 g/mol. The Morgan fingerprint density at radius 2 is 1.79 bits per heavy atom. The standard InChI is InChI=1S/C15H22O3.C6H12NO3P/c1-4-13-11(2)15(3,14(16)18-13)17-10-12-8-6-5-7-9-12;1-3-9-11(8,6-5-7)10-4-2/h5-9,11,13-14,16H,4,10H2,1-3H3;3-4,6H2,1-2H3/t11-,13-,14?,15-;/m1./s1. The fourth-order valence-electron chi connectivity index (χ4n) is 3.09. The summed E-state index contributed by atoms with van der Waals surface area (Å²) in [6.07, 6.45) is -0.0565. The molecule has 8 heteroatoms. The molecule has 1 fully saturated rings. The van der Waals surface area contributed by atoms with Crippen LogP contribution in [0.15, 0.2) is 30.3 Å². The van der Waals surface area contributed by atoms with Crippen LogP contribution in [0.25, 0.3) is 0 Å². The number of hydrogen-bond acceptors (Lipinski definition) is 7. The molecule has 1 N–H and O–H groups in total. The molecule has 0 amide bonds. The van der Waals surface area contributed by atoms with E-state index in [2.05, 4.69) is 13.8 Å². The maximum absolute atomic E-state index is 11.3. The Kier molecular flexibility index (Phi) is 11.1. The van der Waals surface area contributed by atoms with Crippen molar-refractivity contribution in [2.75, 3.05) is 19.4 Å². The highest BCUT2D eigenvalue weighted by molar-refractivity contribution is 7.54. The average Bonchev–Trinajstić information content (AvgIpc) is 2.92. The lowest BCUT2D eigenvalue weighted by Gasteiger charge is -2.31. The van der Waals surface area contributed by atoms with E-state index in [9.17, 15) is 9.67 Å². The topological polar surface area (TPSA) is 98.0 Å². The Morgan fingerprint density at radius 1 is 1.21 bits per heavy atom. The van der Waals surface area contributed by atoms with Gasteiger partial charge in [-0.25, -0.2) is 0 Å². The molecular formula is C21H34NO6P. The number of nitrogens with zero attached hydrogens (tertiary/aromatic N) is 1. The molecule has 0 aromatic heterocycles. The predicted molar refractivity (Wildman–Crippen MR) is 111 cm³/mol. The Balaban J connectivity index is 0.000000331. The summed E-state index contributed by atoms with van der Waals surface area (Å²) in [5.41, 5.74) is 0.481. The fourth-order valence-corrected chi connectivity index (χ4v) is 4.30. The lowest BCUT2D eigenvalue weighted by molar-refractivity contribution is -0.191. The molecule has 1 heterocycles. The second-order valence-corrected chi connectivity index (χ2v) is 9.00. The summed E-state index contributed by atoms with van der Waals surface area (Å²) in [4.78, 5) is 0. The molecule has 4 atom stereocenters. The minimum Gasteiger partial charge on any atom is -0.366 e. The third-order valence-electron chi connectivity index (χ3n) is 4.97. The van der Waals surface area contributed by atoms with Crippen LogP contribution in [-0.2, 0) is 29.7 Å². The van der Waals surface area contributed by atoms with Gasteiger partial charge < -0.3 is 23.6 Å². The van der Waals surface area contributed by atoms with E-state index in [1.165, 1.54) is 0 Å². The van der Waals surface area contributed by atoms with Gasteiger partial charge in [0.1, 0.15) is 11.8 Å². The minimum absolute atomic E-state index is 0.0702. The molecule has 7 nitrogen and oxygen atoms in total. The van der Waals surface area contributed by atoms with Gasteiger partial charge in [-0.1, -0.05) is 44.2 Å². The molecule has 1 aliphatic rings. The van der Waals surface area contributed by atoms with Gasteiger partial charge in [0.15, 0.2) is 6.29 Å². The summed E-state index contributed by atoms with van der Waals surface area (Å²) >= 11 is 0. The molecule has 29 heavy (non-hydrogen) atoms. The van der Waals surface area contributed by atoms with Crippen molar-refractivity contribution in [3.8, 4) is 6.07 Å². The van der Waals surface area contributed by atoms with Crippen molar-refractivity contribution in [2.24, 2.45) is 5.92 Å². The first kappa shape index (κ1) is 25.8. The minimum atomic E-state index is -3.08. The zero-order valence-electron chi connectivity index (χ0n) is 18.0. The molecule has 0 spiro atoms. The van der Waals surface area contributed by atoms with Crippen LogP contribution in [0.1, 0.15) is 46.6 Å². The fraction of sp³-hybridized carbons (Fsp3) is 0.667. The molecule has 164 valence electrons. The van der Waals surface area contributed by atoms with Gasteiger partial charge in [0.2, 0.25) is 0 Å². The number of benzene rings is 1. The first-order valence-corrected chi connectivity index (χ1v) is 11.8. The van der Waals surface area contributed by atoms with Gasteiger partial charge in [-0.2, -0.15) is 5.26 Å². The molecule has 0 aliphatic carbocycles. The molecular weight excluding hydrogens is 393 g/mol. The van der Waals surface area contributed by atoms with Crippen LogP contribution in [0.2, 0.25) is 0 Å². The number of rotatable bonds is 9. The van der Waals surface area contributed by atoms with Gasteiger partial charge in [-0.05, 0) is 32.8 Å². The predicted octanol–water partition coefficient (Wildman–Crippen LogP) is 4.50. The first-order valence-electron chi connectivity index (χ1n) is 10.0. The third-order valence-corrected chi connectivity index (χ3v) is 6.80. The van der Waals surface area contributed by atoms with E-state index in [1.54, 1.807) is 19.9 Å². The van der Waals surface area contributed by atoms with E-state index in [0.717, 1.165) is 12.0 Å². The Morgan fingerprint density at radius 3 is 2.24 bits per heavy atom. The van der Waals surface area contributed by atoms with Crippen molar-refractivity contribution in [3.63, 3.8) is 0 Å². The number of aliphatic hydroxyl groups excluding tert-OH is 1. The summed E-state index contributed by atoms with van der Waals surface area (Å²) in [5, 5.41) is 18.3. The Labute approximate surface area is 174 Å². The zero-order chi connectivity index (χ0) is 21.9. The molecule has 0 bridgehead atoms. The van der Waals surface area contributed by atoms with Gasteiger partial charge in [0.05, 0.1) is 32.0 Å². The van der Waals surface area contributed by atoms with Gasteiger partial charge in [0.25, 0.3) is 0 Å². The van der Waals surface area contributed by atoms with E-state index >= 15 is 0 Å². The van der Waals surface area contributed by atoms with Gasteiger partial charge in [-0.15, -0.1) is 0 Å². The van der Waals surface area contributed by atoms with Crippen molar-refractivity contribution in [1.82, 2.24) is 0 Å². The van der Waals surface area contributed by atoms with Crippen molar-refractivity contribution in [3.05, 3.63) is 35.9 Å². The van der Waals surface area contributed by atoms with E-state index in [-0.39, 0.29) is 18.2 Å². The highest BCUT2D eigenvalue weighted by Crippen LogP contribution is 2.47. The van der Waals surface area contributed by atoms with Crippen LogP contribution in [0.4, 0.5) is 0 Å². The summed E-state index contributed by atoms with van der Waals surface area (Å²) in [7, 11) is -3.08. The van der Waals surface area contributed by atoms with Crippen LogP contribution < -0.4 is 0 Å². The number of aliphatic hydroxyl groups is 1. The first-order chi connectivity index (χ1) is 13.8. The maximum Gasteiger partial charge on any atom is 0.344 e. The van der Waals surface area contributed by atoms with Crippen molar-refractivity contribution >= 4 is 7.60 Å². The largest absolute Gasteiger partial charge is 0.366 e. The number of nitriles is 1. The van der Waals surface area contributed by atoms with Gasteiger partial charge >= 0.3 is 7.60 Å². The summed E-state index contributed by atoms with van der Waals surface area (Å²) in [5.74, 6) is 0.182. The van der Waals surface area contributed by atoms with Gasteiger partial charge in [-0.3, -0.25) is 4.57 Å².